The van der Waals surface area contributed by atoms with E-state index in [1.54, 1.807) is 12.4 Å². The van der Waals surface area contributed by atoms with Crippen LogP contribution < -0.4 is 10.2 Å². The molecular weight excluding hydrogens is 344 g/mol. The highest BCUT2D eigenvalue weighted by atomic mass is 16.6. The second-order valence-electron chi connectivity index (χ2n) is 7.51. The molecule has 5 rings (SSSR count). The van der Waals surface area contributed by atoms with Crippen LogP contribution >= 0.6 is 0 Å². The minimum atomic E-state index is -0.299. The lowest BCUT2D eigenvalue weighted by molar-refractivity contribution is 0.0835. The Labute approximate surface area is 156 Å². The number of fused-ring (bicyclic) bond motifs is 3. The molecule has 2 unspecified atom stereocenters. The van der Waals surface area contributed by atoms with Gasteiger partial charge in [-0.2, -0.15) is 5.10 Å². The lowest BCUT2D eigenvalue weighted by Gasteiger charge is -2.39. The molecule has 1 amide bonds. The van der Waals surface area contributed by atoms with E-state index in [1.807, 2.05) is 12.3 Å². The molecule has 1 saturated heterocycles. The van der Waals surface area contributed by atoms with E-state index in [-0.39, 0.29) is 12.2 Å². The number of aromatic amines is 1. The first-order chi connectivity index (χ1) is 13.2. The zero-order valence-corrected chi connectivity index (χ0v) is 15.2. The van der Waals surface area contributed by atoms with Gasteiger partial charge in [0, 0.05) is 29.1 Å². The van der Waals surface area contributed by atoms with Crippen LogP contribution in [0.25, 0.3) is 21.9 Å². The van der Waals surface area contributed by atoms with Crippen LogP contribution in [-0.4, -0.2) is 51.0 Å². The van der Waals surface area contributed by atoms with E-state index in [1.165, 1.54) is 0 Å². The summed E-state index contributed by atoms with van der Waals surface area (Å²) in [6.45, 7) is 2.84. The van der Waals surface area contributed by atoms with Crippen molar-refractivity contribution in [3.8, 4) is 0 Å². The molecule has 27 heavy (non-hydrogen) atoms. The topological polar surface area (TPSA) is 96.0 Å². The van der Waals surface area contributed by atoms with Crippen molar-refractivity contribution in [1.29, 1.82) is 0 Å². The van der Waals surface area contributed by atoms with E-state index in [0.29, 0.717) is 18.6 Å². The monoisotopic (exact) mass is 366 g/mol. The van der Waals surface area contributed by atoms with Gasteiger partial charge in [-0.1, -0.05) is 0 Å². The van der Waals surface area contributed by atoms with Crippen LogP contribution in [0.1, 0.15) is 32.6 Å². The predicted octanol–water partition coefficient (Wildman–Crippen LogP) is 2.75. The van der Waals surface area contributed by atoms with E-state index in [0.717, 1.165) is 53.3 Å². The number of hydrogen-bond acceptors (Lipinski definition) is 6. The number of rotatable bonds is 3. The van der Waals surface area contributed by atoms with Gasteiger partial charge in [0.05, 0.1) is 24.6 Å². The molecule has 8 nitrogen and oxygen atoms in total. The molecule has 1 aliphatic heterocycles. The normalized spacial score (nSPS) is 22.9. The Hall–Kier alpha value is -2.90. The molecule has 4 heterocycles. The molecule has 2 fully saturated rings. The number of carbonyl (C=O) groups excluding carboxylic acids is 1. The first-order valence-corrected chi connectivity index (χ1v) is 9.50. The smallest absolute Gasteiger partial charge is 0.407 e. The van der Waals surface area contributed by atoms with Crippen molar-refractivity contribution in [3.05, 3.63) is 24.7 Å². The van der Waals surface area contributed by atoms with Gasteiger partial charge in [0.1, 0.15) is 17.3 Å². The molecule has 2 aliphatic rings. The first-order valence-electron chi connectivity index (χ1n) is 9.50. The summed E-state index contributed by atoms with van der Waals surface area (Å²) in [5.41, 5.74) is 2.61. The fourth-order valence-electron chi connectivity index (χ4n) is 3.86. The Balaban J connectivity index is 1.46. The average molecular weight is 366 g/mol. The van der Waals surface area contributed by atoms with Crippen LogP contribution in [0.3, 0.4) is 0 Å². The van der Waals surface area contributed by atoms with Crippen molar-refractivity contribution in [1.82, 2.24) is 25.5 Å². The number of piperidine rings is 1. The average Bonchev–Trinajstić information content (AvgIpc) is 3.34. The maximum absolute atomic E-state index is 12.1. The summed E-state index contributed by atoms with van der Waals surface area (Å²) in [4.78, 5) is 21.9. The van der Waals surface area contributed by atoms with E-state index in [2.05, 4.69) is 37.3 Å². The third kappa shape index (κ3) is 3.05. The van der Waals surface area contributed by atoms with Gasteiger partial charge in [-0.25, -0.2) is 9.78 Å². The number of pyridine rings is 1. The summed E-state index contributed by atoms with van der Waals surface area (Å²) in [6.07, 6.45) is 8.93. The summed E-state index contributed by atoms with van der Waals surface area (Å²) < 4.78 is 5.68. The maximum atomic E-state index is 12.1. The number of nitrogens with zero attached hydrogens (tertiary/aromatic N) is 4. The van der Waals surface area contributed by atoms with Crippen LogP contribution in [0.15, 0.2) is 24.7 Å². The minimum absolute atomic E-state index is 0.133. The summed E-state index contributed by atoms with van der Waals surface area (Å²) in [6, 6.07) is 2.64. The number of hydrogen-bond donors (Lipinski definition) is 2. The Morgan fingerprint density at radius 3 is 3.04 bits per heavy atom. The molecule has 140 valence electrons. The second-order valence-corrected chi connectivity index (χ2v) is 7.51. The predicted molar refractivity (Wildman–Crippen MR) is 102 cm³/mol. The molecule has 8 heteroatoms. The van der Waals surface area contributed by atoms with Crippen molar-refractivity contribution in [2.75, 3.05) is 11.4 Å². The molecule has 0 spiro atoms. The number of carbonyl (C=O) groups is 1. The van der Waals surface area contributed by atoms with Gasteiger partial charge >= 0.3 is 6.09 Å². The molecule has 3 aromatic heterocycles. The number of anilines is 1. The molecule has 1 saturated carbocycles. The highest BCUT2D eigenvalue weighted by molar-refractivity contribution is 6.09. The first kappa shape index (κ1) is 16.3. The molecule has 2 atom stereocenters. The van der Waals surface area contributed by atoms with Crippen molar-refractivity contribution in [2.45, 2.75) is 50.8 Å². The molecule has 0 aromatic carbocycles. The standard InChI is InChI=1S/C19H22N6O2/c1-11-2-5-13(27-19(26)23-12-3-4-12)10-25(11)16-9-22-24-15-8-21-18-14(17(15)16)6-7-20-18/h6-9,11-13H,2-5,10H2,1H3,(H,20,21)(H,23,26). The fraction of sp³-hybridized carbons (Fsp3) is 0.474. The Kier molecular flexibility index (Phi) is 3.84. The van der Waals surface area contributed by atoms with Gasteiger partial charge in [-0.05, 0) is 38.7 Å². The molecule has 1 aliphatic carbocycles. The Morgan fingerprint density at radius 2 is 2.19 bits per heavy atom. The number of aromatic nitrogens is 4. The van der Waals surface area contributed by atoms with Gasteiger partial charge < -0.3 is 19.9 Å². The number of ether oxygens (including phenoxy) is 1. The third-order valence-electron chi connectivity index (χ3n) is 5.49. The SMILES string of the molecule is CC1CCC(OC(=O)NC2CC2)CN1c1cnnc2cnc3[nH]ccc3c12. The van der Waals surface area contributed by atoms with Gasteiger partial charge in [0.2, 0.25) is 0 Å². The largest absolute Gasteiger partial charge is 0.444 e. The van der Waals surface area contributed by atoms with Gasteiger partial charge in [-0.15, -0.1) is 5.10 Å². The van der Waals surface area contributed by atoms with Crippen LogP contribution in [0, 0.1) is 0 Å². The molecule has 3 aromatic rings. The molecule has 2 N–H and O–H groups in total. The number of amides is 1. The minimum Gasteiger partial charge on any atom is -0.444 e. The zero-order chi connectivity index (χ0) is 18.4. The summed E-state index contributed by atoms with van der Waals surface area (Å²) in [5, 5.41) is 13.4. The number of nitrogens with one attached hydrogen (secondary N) is 2. The second kappa shape index (κ2) is 6.37. The number of alkyl carbamates (subject to hydrolysis) is 1. The summed E-state index contributed by atoms with van der Waals surface area (Å²) >= 11 is 0. The van der Waals surface area contributed by atoms with Gasteiger partial charge in [0.15, 0.2) is 0 Å². The van der Waals surface area contributed by atoms with Crippen molar-refractivity contribution in [2.24, 2.45) is 0 Å². The Bertz CT molecular complexity index is 998. The summed E-state index contributed by atoms with van der Waals surface area (Å²) in [7, 11) is 0. The third-order valence-corrected chi connectivity index (χ3v) is 5.49. The van der Waals surface area contributed by atoms with E-state index in [9.17, 15) is 4.79 Å². The van der Waals surface area contributed by atoms with Crippen molar-refractivity contribution < 1.29 is 9.53 Å². The van der Waals surface area contributed by atoms with E-state index in [4.69, 9.17) is 4.74 Å². The summed E-state index contributed by atoms with van der Waals surface area (Å²) in [5.74, 6) is 0. The highest BCUT2D eigenvalue weighted by Gasteiger charge is 2.31. The van der Waals surface area contributed by atoms with Crippen LogP contribution in [0.5, 0.6) is 0 Å². The van der Waals surface area contributed by atoms with Gasteiger partial charge in [0.25, 0.3) is 0 Å². The quantitative estimate of drug-likeness (QED) is 0.740. The van der Waals surface area contributed by atoms with Crippen molar-refractivity contribution in [3.63, 3.8) is 0 Å². The van der Waals surface area contributed by atoms with Crippen LogP contribution in [-0.2, 0) is 4.74 Å². The fourth-order valence-corrected chi connectivity index (χ4v) is 3.86. The number of H-pyrrole nitrogens is 1. The van der Waals surface area contributed by atoms with Crippen LogP contribution in [0.2, 0.25) is 0 Å². The Morgan fingerprint density at radius 1 is 1.30 bits per heavy atom. The zero-order valence-electron chi connectivity index (χ0n) is 15.2. The molecular formula is C19H22N6O2. The lowest BCUT2D eigenvalue weighted by Crippen LogP contribution is -2.47. The van der Waals surface area contributed by atoms with E-state index < -0.39 is 0 Å². The van der Waals surface area contributed by atoms with Crippen LogP contribution in [0.4, 0.5) is 10.5 Å². The lowest BCUT2D eigenvalue weighted by atomic mass is 9.99. The van der Waals surface area contributed by atoms with Crippen molar-refractivity contribution >= 4 is 33.7 Å². The molecule has 0 radical (unpaired) electrons. The molecule has 0 bridgehead atoms. The van der Waals surface area contributed by atoms with Gasteiger partial charge in [-0.3, -0.25) is 0 Å². The maximum Gasteiger partial charge on any atom is 0.407 e. The van der Waals surface area contributed by atoms with E-state index >= 15 is 0 Å². The highest BCUT2D eigenvalue weighted by Crippen LogP contribution is 2.34.